The molecule has 1 aliphatic carbocycles. The molecule has 1 aromatic heterocycles. The van der Waals surface area contributed by atoms with Gasteiger partial charge in [-0.25, -0.2) is 4.98 Å². The van der Waals surface area contributed by atoms with Crippen LogP contribution in [0.15, 0.2) is 18.2 Å². The summed E-state index contributed by atoms with van der Waals surface area (Å²) in [6, 6.07) is 5.96. The SMILES string of the molecule is COCCn1c(C2CCCCC2)nc2ccc(Cl)cc21. The zero-order valence-electron chi connectivity index (χ0n) is 11.9. The van der Waals surface area contributed by atoms with E-state index in [0.717, 1.165) is 22.6 Å². The van der Waals surface area contributed by atoms with Crippen molar-refractivity contribution < 1.29 is 4.74 Å². The number of aromatic nitrogens is 2. The molecule has 0 bridgehead atoms. The zero-order chi connectivity index (χ0) is 13.9. The lowest BCUT2D eigenvalue weighted by Crippen LogP contribution is -2.14. The molecule has 0 amide bonds. The molecule has 0 saturated heterocycles. The van der Waals surface area contributed by atoms with Gasteiger partial charge >= 0.3 is 0 Å². The number of rotatable bonds is 4. The summed E-state index contributed by atoms with van der Waals surface area (Å²) >= 11 is 6.15. The number of halogens is 1. The van der Waals surface area contributed by atoms with Crippen molar-refractivity contribution in [3.05, 3.63) is 29.0 Å². The van der Waals surface area contributed by atoms with Crippen molar-refractivity contribution in [2.24, 2.45) is 0 Å². The Kier molecular flexibility index (Phi) is 4.27. The highest BCUT2D eigenvalue weighted by Gasteiger charge is 2.22. The number of ether oxygens (including phenoxy) is 1. The Labute approximate surface area is 124 Å². The number of hydrogen-bond acceptors (Lipinski definition) is 2. The van der Waals surface area contributed by atoms with Gasteiger partial charge < -0.3 is 9.30 Å². The highest BCUT2D eigenvalue weighted by molar-refractivity contribution is 6.31. The second kappa shape index (κ2) is 6.15. The molecule has 1 heterocycles. The van der Waals surface area contributed by atoms with Crippen LogP contribution in [0.2, 0.25) is 5.02 Å². The Morgan fingerprint density at radius 1 is 1.30 bits per heavy atom. The van der Waals surface area contributed by atoms with E-state index in [1.807, 2.05) is 18.2 Å². The molecule has 0 spiro atoms. The fraction of sp³-hybridized carbons (Fsp3) is 0.562. The summed E-state index contributed by atoms with van der Waals surface area (Å²) in [7, 11) is 1.74. The molecule has 0 aliphatic heterocycles. The number of imidazole rings is 1. The Balaban J connectivity index is 2.04. The second-order valence-electron chi connectivity index (χ2n) is 5.58. The molecular formula is C16H21ClN2O. The van der Waals surface area contributed by atoms with Crippen LogP contribution in [0, 0.1) is 0 Å². The van der Waals surface area contributed by atoms with Gasteiger partial charge in [0.1, 0.15) is 5.82 Å². The van der Waals surface area contributed by atoms with Gasteiger partial charge in [-0.3, -0.25) is 0 Å². The van der Waals surface area contributed by atoms with Gasteiger partial charge in [-0.15, -0.1) is 0 Å². The van der Waals surface area contributed by atoms with E-state index < -0.39 is 0 Å². The predicted octanol–water partition coefficient (Wildman–Crippen LogP) is 4.38. The third-order valence-electron chi connectivity index (χ3n) is 4.23. The lowest BCUT2D eigenvalue weighted by atomic mass is 9.88. The topological polar surface area (TPSA) is 27.1 Å². The molecule has 1 fully saturated rings. The molecule has 1 saturated carbocycles. The summed E-state index contributed by atoms with van der Waals surface area (Å²) in [5.74, 6) is 1.81. The molecule has 0 atom stereocenters. The lowest BCUT2D eigenvalue weighted by molar-refractivity contribution is 0.186. The van der Waals surface area contributed by atoms with Gasteiger partial charge in [-0.1, -0.05) is 30.9 Å². The van der Waals surface area contributed by atoms with Crippen LogP contribution in [0.5, 0.6) is 0 Å². The minimum absolute atomic E-state index is 0.590. The second-order valence-corrected chi connectivity index (χ2v) is 6.02. The van der Waals surface area contributed by atoms with E-state index in [0.29, 0.717) is 12.5 Å². The first-order chi connectivity index (χ1) is 9.79. The van der Waals surface area contributed by atoms with Crippen molar-refractivity contribution in [1.82, 2.24) is 9.55 Å². The summed E-state index contributed by atoms with van der Waals surface area (Å²) < 4.78 is 7.56. The third-order valence-corrected chi connectivity index (χ3v) is 4.46. The molecule has 0 N–H and O–H groups in total. The van der Waals surface area contributed by atoms with Gasteiger partial charge in [0, 0.05) is 24.6 Å². The number of hydrogen-bond donors (Lipinski definition) is 0. The number of methoxy groups -OCH3 is 1. The quantitative estimate of drug-likeness (QED) is 0.836. The molecule has 20 heavy (non-hydrogen) atoms. The van der Waals surface area contributed by atoms with Gasteiger partial charge in [-0.05, 0) is 31.0 Å². The van der Waals surface area contributed by atoms with Crippen molar-refractivity contribution in [1.29, 1.82) is 0 Å². The highest BCUT2D eigenvalue weighted by atomic mass is 35.5. The maximum absolute atomic E-state index is 6.15. The van der Waals surface area contributed by atoms with Crippen LogP contribution in [0.1, 0.15) is 43.8 Å². The maximum Gasteiger partial charge on any atom is 0.113 e. The molecule has 1 aliphatic rings. The Hall–Kier alpha value is -1.06. The van der Waals surface area contributed by atoms with Crippen molar-refractivity contribution in [2.75, 3.05) is 13.7 Å². The summed E-state index contributed by atoms with van der Waals surface area (Å²) in [6.45, 7) is 1.55. The molecule has 2 aromatic rings. The lowest BCUT2D eigenvalue weighted by Gasteiger charge is -2.22. The first kappa shape index (κ1) is 13.9. The number of benzene rings is 1. The summed E-state index contributed by atoms with van der Waals surface area (Å²) in [5.41, 5.74) is 2.18. The van der Waals surface area contributed by atoms with Crippen molar-refractivity contribution in [3.8, 4) is 0 Å². The summed E-state index contributed by atoms with van der Waals surface area (Å²) in [6.07, 6.45) is 6.51. The van der Waals surface area contributed by atoms with E-state index in [-0.39, 0.29) is 0 Å². The summed E-state index contributed by atoms with van der Waals surface area (Å²) in [5, 5.41) is 0.770. The summed E-state index contributed by atoms with van der Waals surface area (Å²) in [4.78, 5) is 4.88. The molecule has 0 radical (unpaired) electrons. The van der Waals surface area contributed by atoms with Gasteiger partial charge in [0.15, 0.2) is 0 Å². The first-order valence-corrected chi connectivity index (χ1v) is 7.82. The van der Waals surface area contributed by atoms with Crippen molar-refractivity contribution >= 4 is 22.6 Å². The largest absolute Gasteiger partial charge is 0.383 e. The number of fused-ring (bicyclic) bond motifs is 1. The Morgan fingerprint density at radius 2 is 2.10 bits per heavy atom. The van der Waals surface area contributed by atoms with Gasteiger partial charge in [0.25, 0.3) is 0 Å². The molecule has 3 rings (SSSR count). The van der Waals surface area contributed by atoms with Crippen LogP contribution < -0.4 is 0 Å². The fourth-order valence-corrected chi connectivity index (χ4v) is 3.37. The van der Waals surface area contributed by atoms with E-state index in [1.54, 1.807) is 7.11 Å². The van der Waals surface area contributed by atoms with Crippen molar-refractivity contribution in [2.45, 2.75) is 44.6 Å². The number of nitrogens with zero attached hydrogens (tertiary/aromatic N) is 2. The van der Waals surface area contributed by atoms with Gasteiger partial charge in [0.2, 0.25) is 0 Å². The third kappa shape index (κ3) is 2.70. The smallest absolute Gasteiger partial charge is 0.113 e. The van der Waals surface area contributed by atoms with Crippen LogP contribution >= 0.6 is 11.6 Å². The van der Waals surface area contributed by atoms with E-state index in [9.17, 15) is 0 Å². The molecule has 4 heteroatoms. The van der Waals surface area contributed by atoms with Crippen LogP contribution in [0.25, 0.3) is 11.0 Å². The van der Waals surface area contributed by atoms with E-state index in [4.69, 9.17) is 21.3 Å². The molecule has 1 aromatic carbocycles. The Bertz CT molecular complexity index is 587. The van der Waals surface area contributed by atoms with Crippen LogP contribution in [0.3, 0.4) is 0 Å². The van der Waals surface area contributed by atoms with Gasteiger partial charge in [-0.2, -0.15) is 0 Å². The first-order valence-electron chi connectivity index (χ1n) is 7.44. The maximum atomic E-state index is 6.15. The monoisotopic (exact) mass is 292 g/mol. The molecular weight excluding hydrogens is 272 g/mol. The van der Waals surface area contributed by atoms with E-state index >= 15 is 0 Å². The Morgan fingerprint density at radius 3 is 2.85 bits per heavy atom. The van der Waals surface area contributed by atoms with Crippen LogP contribution in [0.4, 0.5) is 0 Å². The average molecular weight is 293 g/mol. The van der Waals surface area contributed by atoms with E-state index in [2.05, 4.69) is 4.57 Å². The highest BCUT2D eigenvalue weighted by Crippen LogP contribution is 2.34. The predicted molar refractivity (Wildman–Crippen MR) is 82.4 cm³/mol. The molecule has 3 nitrogen and oxygen atoms in total. The molecule has 0 unspecified atom stereocenters. The van der Waals surface area contributed by atoms with E-state index in [1.165, 1.54) is 37.9 Å². The minimum atomic E-state index is 0.590. The zero-order valence-corrected chi connectivity index (χ0v) is 12.7. The van der Waals surface area contributed by atoms with Crippen LogP contribution in [-0.4, -0.2) is 23.3 Å². The molecule has 108 valence electrons. The fourth-order valence-electron chi connectivity index (χ4n) is 3.20. The minimum Gasteiger partial charge on any atom is -0.383 e. The van der Waals surface area contributed by atoms with Crippen LogP contribution in [-0.2, 0) is 11.3 Å². The van der Waals surface area contributed by atoms with Gasteiger partial charge in [0.05, 0.1) is 17.6 Å². The van der Waals surface area contributed by atoms with Crippen molar-refractivity contribution in [3.63, 3.8) is 0 Å². The standard InChI is InChI=1S/C16H21ClN2O/c1-20-10-9-19-15-11-13(17)7-8-14(15)18-16(19)12-5-3-2-4-6-12/h7-8,11-12H,2-6,9-10H2,1H3. The average Bonchev–Trinajstić information content (AvgIpc) is 2.84. The normalized spacial score (nSPS) is 16.9.